The number of benzene rings is 2. The summed E-state index contributed by atoms with van der Waals surface area (Å²) >= 11 is 0. The van der Waals surface area contributed by atoms with Crippen LogP contribution in [0, 0.1) is 24.0 Å². The number of nitrogens with one attached hydrogen (secondary N) is 1. The summed E-state index contributed by atoms with van der Waals surface area (Å²) < 4.78 is 16.4. The second-order valence-electron chi connectivity index (χ2n) is 8.33. The van der Waals surface area contributed by atoms with Gasteiger partial charge < -0.3 is 24.4 Å². The molecular weight excluding hydrogens is 454 g/mol. The first-order chi connectivity index (χ1) is 16.7. The number of carbonyl (C=O) groups is 2. The molecule has 1 unspecified atom stereocenters. The maximum Gasteiger partial charge on any atom is 0.286 e. The number of methoxy groups -OCH3 is 1. The molecule has 1 heterocycles. The normalized spacial score (nSPS) is 14.9. The number of anilines is 1. The zero-order valence-corrected chi connectivity index (χ0v) is 20.5. The predicted molar refractivity (Wildman–Crippen MR) is 130 cm³/mol. The van der Waals surface area contributed by atoms with Gasteiger partial charge in [0, 0.05) is 24.9 Å². The lowest BCUT2D eigenvalue weighted by Gasteiger charge is -2.25. The van der Waals surface area contributed by atoms with Crippen molar-refractivity contribution in [2.75, 3.05) is 38.7 Å². The highest BCUT2D eigenvalue weighted by molar-refractivity contribution is 6.02. The average Bonchev–Trinajstić information content (AvgIpc) is 3.34. The molecule has 0 aliphatic carbocycles. The Labute approximate surface area is 204 Å². The summed E-state index contributed by atoms with van der Waals surface area (Å²) in [6.45, 7) is 6.28. The van der Waals surface area contributed by atoms with Gasteiger partial charge in [-0.25, -0.2) is 0 Å². The Kier molecular flexibility index (Phi) is 8.64. The maximum absolute atomic E-state index is 13.6. The molecule has 1 saturated heterocycles. The number of rotatable bonds is 10. The Balaban J connectivity index is 1.93. The van der Waals surface area contributed by atoms with Gasteiger partial charge in [-0.15, -0.1) is 0 Å². The number of carbonyl (C=O) groups excluding carboxylic acids is 2. The first kappa shape index (κ1) is 26.0. The first-order valence-corrected chi connectivity index (χ1v) is 11.5. The molecule has 188 valence electrons. The van der Waals surface area contributed by atoms with E-state index in [-0.39, 0.29) is 42.9 Å². The molecule has 1 aliphatic rings. The molecule has 0 saturated carbocycles. The number of aryl methyl sites for hydroxylation is 1. The highest BCUT2D eigenvalue weighted by Crippen LogP contribution is 2.35. The molecule has 1 atom stereocenters. The van der Waals surface area contributed by atoms with Crippen molar-refractivity contribution in [3.63, 3.8) is 0 Å². The van der Waals surface area contributed by atoms with E-state index in [9.17, 15) is 19.7 Å². The Bertz CT molecular complexity index is 1100. The lowest BCUT2D eigenvalue weighted by molar-refractivity contribution is -0.385. The molecule has 0 aromatic heterocycles. The summed E-state index contributed by atoms with van der Waals surface area (Å²) in [7, 11) is 1.37. The molecule has 1 aliphatic heterocycles. The highest BCUT2D eigenvalue weighted by atomic mass is 16.6. The van der Waals surface area contributed by atoms with Crippen LogP contribution in [0.2, 0.25) is 0 Å². The van der Waals surface area contributed by atoms with Gasteiger partial charge in [0.25, 0.3) is 11.6 Å². The summed E-state index contributed by atoms with van der Waals surface area (Å²) in [5, 5.41) is 14.6. The van der Waals surface area contributed by atoms with Crippen LogP contribution in [-0.4, -0.2) is 61.2 Å². The van der Waals surface area contributed by atoms with Crippen LogP contribution < -0.4 is 14.8 Å². The summed E-state index contributed by atoms with van der Waals surface area (Å²) in [4.78, 5) is 39.0. The molecule has 1 N–H and O–H groups in total. The van der Waals surface area contributed by atoms with Crippen LogP contribution >= 0.6 is 0 Å². The SMILES string of the molecule is CCOc1cc(C(=O)N(CC(=O)Nc2cccc(C)c2C)CC2CCCO2)c([N+](=O)[O-])cc1OC. The molecule has 2 amide bonds. The van der Waals surface area contributed by atoms with Crippen LogP contribution in [0.3, 0.4) is 0 Å². The molecular formula is C25H31N3O7. The van der Waals surface area contributed by atoms with Gasteiger partial charge in [-0.1, -0.05) is 12.1 Å². The predicted octanol–water partition coefficient (Wildman–Crippen LogP) is 3.88. The number of hydrogen-bond donors (Lipinski definition) is 1. The number of nitro groups is 1. The highest BCUT2D eigenvalue weighted by Gasteiger charge is 2.31. The first-order valence-electron chi connectivity index (χ1n) is 11.5. The summed E-state index contributed by atoms with van der Waals surface area (Å²) in [5.41, 5.74) is 1.98. The van der Waals surface area contributed by atoms with Gasteiger partial charge in [-0.05, 0) is 50.8 Å². The van der Waals surface area contributed by atoms with E-state index in [0.717, 1.165) is 24.0 Å². The number of nitro benzene ring substituents is 1. The Morgan fingerprint density at radius 1 is 1.26 bits per heavy atom. The molecule has 0 radical (unpaired) electrons. The second-order valence-corrected chi connectivity index (χ2v) is 8.33. The number of ether oxygens (including phenoxy) is 3. The van der Waals surface area contributed by atoms with Crippen LogP contribution in [0.5, 0.6) is 11.5 Å². The van der Waals surface area contributed by atoms with Gasteiger partial charge in [0.2, 0.25) is 5.91 Å². The topological polar surface area (TPSA) is 120 Å². The van der Waals surface area contributed by atoms with E-state index in [1.54, 1.807) is 13.0 Å². The van der Waals surface area contributed by atoms with Crippen molar-refractivity contribution in [3.8, 4) is 11.5 Å². The van der Waals surface area contributed by atoms with E-state index in [1.807, 2.05) is 26.0 Å². The number of hydrogen-bond acceptors (Lipinski definition) is 7. The van der Waals surface area contributed by atoms with E-state index in [4.69, 9.17) is 14.2 Å². The molecule has 2 aromatic carbocycles. The Morgan fingerprint density at radius 2 is 2.03 bits per heavy atom. The molecule has 0 spiro atoms. The number of amides is 2. The van der Waals surface area contributed by atoms with Crippen molar-refractivity contribution in [3.05, 3.63) is 57.1 Å². The maximum atomic E-state index is 13.6. The van der Waals surface area contributed by atoms with Gasteiger partial charge in [0.05, 0.1) is 30.8 Å². The van der Waals surface area contributed by atoms with Crippen LogP contribution in [0.15, 0.2) is 30.3 Å². The standard InChI is InChI=1S/C25H31N3O7/c1-5-34-23-12-19(21(28(31)32)13-22(23)33-4)25(30)27(14-18-9-7-11-35-18)15-24(29)26-20-10-6-8-16(2)17(20)3/h6,8,10,12-13,18H,5,7,9,11,14-15H2,1-4H3,(H,26,29). The number of nitrogens with zero attached hydrogens (tertiary/aromatic N) is 2. The van der Waals surface area contributed by atoms with Gasteiger partial charge in [-0.3, -0.25) is 19.7 Å². The van der Waals surface area contributed by atoms with Gasteiger partial charge >= 0.3 is 0 Å². The Morgan fingerprint density at radius 3 is 2.66 bits per heavy atom. The van der Waals surface area contributed by atoms with Crippen LogP contribution in [0.4, 0.5) is 11.4 Å². The van der Waals surface area contributed by atoms with E-state index in [1.165, 1.54) is 24.1 Å². The fourth-order valence-corrected chi connectivity index (χ4v) is 3.97. The van der Waals surface area contributed by atoms with Crippen molar-refractivity contribution in [1.29, 1.82) is 0 Å². The molecule has 10 heteroatoms. The molecule has 1 fully saturated rings. The van der Waals surface area contributed by atoms with Crippen LogP contribution in [0.1, 0.15) is 41.3 Å². The van der Waals surface area contributed by atoms with E-state index >= 15 is 0 Å². The second kappa shape index (κ2) is 11.7. The minimum atomic E-state index is -0.660. The zero-order chi connectivity index (χ0) is 25.5. The van der Waals surface area contributed by atoms with Gasteiger partial charge in [0.1, 0.15) is 12.1 Å². The lowest BCUT2D eigenvalue weighted by Crippen LogP contribution is -2.42. The van der Waals surface area contributed by atoms with E-state index < -0.39 is 22.4 Å². The van der Waals surface area contributed by atoms with Crippen molar-refractivity contribution in [2.24, 2.45) is 0 Å². The van der Waals surface area contributed by atoms with Gasteiger partial charge in [-0.2, -0.15) is 0 Å². The lowest BCUT2D eigenvalue weighted by atomic mass is 10.1. The summed E-state index contributed by atoms with van der Waals surface area (Å²) in [6.07, 6.45) is 1.33. The smallest absolute Gasteiger partial charge is 0.286 e. The minimum absolute atomic E-state index is 0.131. The Hall–Kier alpha value is -3.66. The molecule has 2 aromatic rings. The third-order valence-corrected chi connectivity index (χ3v) is 5.96. The van der Waals surface area contributed by atoms with Crippen LogP contribution in [-0.2, 0) is 9.53 Å². The van der Waals surface area contributed by atoms with Crippen molar-refractivity contribution in [1.82, 2.24) is 4.90 Å². The third kappa shape index (κ3) is 6.27. The fourth-order valence-electron chi connectivity index (χ4n) is 3.97. The monoisotopic (exact) mass is 485 g/mol. The van der Waals surface area contributed by atoms with Gasteiger partial charge in [0.15, 0.2) is 11.5 Å². The third-order valence-electron chi connectivity index (χ3n) is 5.96. The molecule has 3 rings (SSSR count). The quantitative estimate of drug-likeness (QED) is 0.400. The van der Waals surface area contributed by atoms with Crippen LogP contribution in [0.25, 0.3) is 0 Å². The van der Waals surface area contributed by atoms with Crippen molar-refractivity contribution < 1.29 is 28.7 Å². The van der Waals surface area contributed by atoms with E-state index in [2.05, 4.69) is 5.32 Å². The van der Waals surface area contributed by atoms with E-state index in [0.29, 0.717) is 12.3 Å². The summed E-state index contributed by atoms with van der Waals surface area (Å²) in [6, 6.07) is 8.03. The molecule has 0 bridgehead atoms. The summed E-state index contributed by atoms with van der Waals surface area (Å²) in [5.74, 6) is -0.715. The average molecular weight is 486 g/mol. The van der Waals surface area contributed by atoms with Crippen molar-refractivity contribution in [2.45, 2.75) is 39.7 Å². The molecule has 10 nitrogen and oxygen atoms in total. The minimum Gasteiger partial charge on any atom is -0.493 e. The molecule has 35 heavy (non-hydrogen) atoms. The largest absolute Gasteiger partial charge is 0.493 e. The van der Waals surface area contributed by atoms with Crippen molar-refractivity contribution >= 4 is 23.2 Å². The fraction of sp³-hybridized carbons (Fsp3) is 0.440. The zero-order valence-electron chi connectivity index (χ0n) is 20.5.